The maximum absolute atomic E-state index is 12.0. The number of nitrogens with two attached hydrogens (primary N) is 1. The first-order chi connectivity index (χ1) is 9.54. The lowest BCUT2D eigenvalue weighted by molar-refractivity contribution is 0.102. The fourth-order valence-corrected chi connectivity index (χ4v) is 1.66. The zero-order valence-corrected chi connectivity index (χ0v) is 11.5. The van der Waals surface area contributed by atoms with Crippen LogP contribution in [-0.2, 0) is 0 Å². The largest absolute Gasteiger partial charge is 0.491 e. The van der Waals surface area contributed by atoms with Crippen LogP contribution < -0.4 is 15.8 Å². The van der Waals surface area contributed by atoms with Crippen LogP contribution >= 0.6 is 0 Å². The Kier molecular flexibility index (Phi) is 4.20. The van der Waals surface area contributed by atoms with Crippen LogP contribution in [0.2, 0.25) is 0 Å². The predicted octanol–water partition coefficient (Wildman–Crippen LogP) is 2.70. The Morgan fingerprint density at radius 1 is 1.20 bits per heavy atom. The summed E-state index contributed by atoms with van der Waals surface area (Å²) in [6, 6.07) is 12.1. The molecule has 0 saturated heterocycles. The van der Waals surface area contributed by atoms with Gasteiger partial charge in [0.2, 0.25) is 0 Å². The topological polar surface area (TPSA) is 77.2 Å². The molecule has 1 amide bonds. The smallest absolute Gasteiger partial charge is 0.274 e. The third-order valence-electron chi connectivity index (χ3n) is 2.49. The molecule has 1 aromatic heterocycles. The second-order valence-corrected chi connectivity index (χ2v) is 4.59. The fraction of sp³-hybridized carbons (Fsp3) is 0.200. The standard InChI is InChI=1S/C15H17N3O2/c1-10(2)20-12-8-6-11(7-9-12)17-15(19)13-4-3-5-14(16)18-13/h3-10H,1-2H3,(H2,16,18)(H,17,19). The van der Waals surface area contributed by atoms with E-state index in [0.29, 0.717) is 11.5 Å². The number of pyridine rings is 1. The van der Waals surface area contributed by atoms with Gasteiger partial charge in [-0.3, -0.25) is 4.79 Å². The van der Waals surface area contributed by atoms with Crippen LogP contribution in [0.25, 0.3) is 0 Å². The molecule has 0 fully saturated rings. The quantitative estimate of drug-likeness (QED) is 0.896. The number of nitrogens with one attached hydrogen (secondary N) is 1. The third kappa shape index (κ3) is 3.71. The Morgan fingerprint density at radius 2 is 1.90 bits per heavy atom. The van der Waals surface area contributed by atoms with E-state index in [-0.39, 0.29) is 17.7 Å². The van der Waals surface area contributed by atoms with E-state index in [9.17, 15) is 4.79 Å². The fourth-order valence-electron chi connectivity index (χ4n) is 1.66. The summed E-state index contributed by atoms with van der Waals surface area (Å²) >= 11 is 0. The van der Waals surface area contributed by atoms with Gasteiger partial charge in [0.05, 0.1) is 6.10 Å². The Balaban J connectivity index is 2.04. The molecule has 5 heteroatoms. The van der Waals surface area contributed by atoms with E-state index in [0.717, 1.165) is 5.75 Å². The number of ether oxygens (including phenoxy) is 1. The van der Waals surface area contributed by atoms with Gasteiger partial charge in [-0.25, -0.2) is 4.98 Å². The predicted molar refractivity (Wildman–Crippen MR) is 78.8 cm³/mol. The molecule has 1 aromatic carbocycles. The second-order valence-electron chi connectivity index (χ2n) is 4.59. The van der Waals surface area contributed by atoms with Gasteiger partial charge < -0.3 is 15.8 Å². The number of anilines is 2. The highest BCUT2D eigenvalue weighted by Gasteiger charge is 2.08. The highest BCUT2D eigenvalue weighted by Crippen LogP contribution is 2.17. The molecule has 0 radical (unpaired) electrons. The number of carbonyl (C=O) groups is 1. The zero-order chi connectivity index (χ0) is 14.5. The summed E-state index contributed by atoms with van der Waals surface area (Å²) in [5, 5.41) is 2.75. The van der Waals surface area contributed by atoms with E-state index >= 15 is 0 Å². The summed E-state index contributed by atoms with van der Waals surface area (Å²) in [7, 11) is 0. The monoisotopic (exact) mass is 271 g/mol. The van der Waals surface area contributed by atoms with E-state index in [1.54, 1.807) is 30.3 Å². The third-order valence-corrected chi connectivity index (χ3v) is 2.49. The Labute approximate surface area is 117 Å². The van der Waals surface area contributed by atoms with E-state index in [4.69, 9.17) is 10.5 Å². The van der Waals surface area contributed by atoms with Gasteiger partial charge in [0.25, 0.3) is 5.91 Å². The van der Waals surface area contributed by atoms with Gasteiger partial charge in [-0.2, -0.15) is 0 Å². The molecule has 0 bridgehead atoms. The van der Waals surface area contributed by atoms with Crippen molar-refractivity contribution >= 4 is 17.4 Å². The normalized spacial score (nSPS) is 10.3. The maximum Gasteiger partial charge on any atom is 0.274 e. The summed E-state index contributed by atoms with van der Waals surface area (Å²) in [6.07, 6.45) is 0.118. The molecule has 5 nitrogen and oxygen atoms in total. The lowest BCUT2D eigenvalue weighted by Gasteiger charge is -2.10. The summed E-state index contributed by atoms with van der Waals surface area (Å²) in [4.78, 5) is 15.9. The molecule has 1 heterocycles. The first-order valence-electron chi connectivity index (χ1n) is 6.35. The first kappa shape index (κ1) is 13.9. The Hall–Kier alpha value is -2.56. The number of hydrogen-bond donors (Lipinski definition) is 2. The van der Waals surface area contributed by atoms with Gasteiger partial charge in [-0.05, 0) is 50.2 Å². The molecule has 0 saturated carbocycles. The molecule has 0 spiro atoms. The van der Waals surface area contributed by atoms with Gasteiger partial charge in [-0.15, -0.1) is 0 Å². The number of aromatic nitrogens is 1. The molecule has 20 heavy (non-hydrogen) atoms. The first-order valence-corrected chi connectivity index (χ1v) is 6.35. The van der Waals surface area contributed by atoms with Crippen LogP contribution in [-0.4, -0.2) is 17.0 Å². The van der Waals surface area contributed by atoms with E-state index in [2.05, 4.69) is 10.3 Å². The van der Waals surface area contributed by atoms with E-state index < -0.39 is 0 Å². The molecular weight excluding hydrogens is 254 g/mol. The van der Waals surface area contributed by atoms with Gasteiger partial charge in [-0.1, -0.05) is 6.07 Å². The van der Waals surface area contributed by atoms with Crippen molar-refractivity contribution in [3.8, 4) is 5.75 Å². The average Bonchev–Trinajstić information content (AvgIpc) is 2.40. The minimum Gasteiger partial charge on any atom is -0.491 e. The van der Waals surface area contributed by atoms with Crippen molar-refractivity contribution in [1.29, 1.82) is 0 Å². The summed E-state index contributed by atoms with van der Waals surface area (Å²) in [6.45, 7) is 3.92. The average molecular weight is 271 g/mol. The zero-order valence-electron chi connectivity index (χ0n) is 11.5. The molecule has 0 unspecified atom stereocenters. The molecule has 104 valence electrons. The van der Waals surface area contributed by atoms with Crippen molar-refractivity contribution in [2.24, 2.45) is 0 Å². The molecule has 0 aliphatic rings. The van der Waals surface area contributed by atoms with Crippen molar-refractivity contribution in [3.63, 3.8) is 0 Å². The minimum absolute atomic E-state index is 0.118. The van der Waals surface area contributed by atoms with Crippen LogP contribution in [0.5, 0.6) is 5.75 Å². The molecule has 0 atom stereocenters. The lowest BCUT2D eigenvalue weighted by atomic mass is 10.2. The number of benzene rings is 1. The molecule has 2 rings (SSSR count). The van der Waals surface area contributed by atoms with Gasteiger partial charge >= 0.3 is 0 Å². The molecule has 0 aliphatic carbocycles. The van der Waals surface area contributed by atoms with Crippen LogP contribution in [0.4, 0.5) is 11.5 Å². The molecular formula is C15H17N3O2. The van der Waals surface area contributed by atoms with Crippen LogP contribution in [0.1, 0.15) is 24.3 Å². The number of carbonyl (C=O) groups excluding carboxylic acids is 1. The van der Waals surface area contributed by atoms with Crippen molar-refractivity contribution in [3.05, 3.63) is 48.2 Å². The number of nitrogens with zero attached hydrogens (tertiary/aromatic N) is 1. The highest BCUT2D eigenvalue weighted by molar-refractivity contribution is 6.03. The SMILES string of the molecule is CC(C)Oc1ccc(NC(=O)c2cccc(N)n2)cc1. The molecule has 3 N–H and O–H groups in total. The lowest BCUT2D eigenvalue weighted by Crippen LogP contribution is -2.14. The van der Waals surface area contributed by atoms with Crippen LogP contribution in [0.3, 0.4) is 0 Å². The van der Waals surface area contributed by atoms with E-state index in [1.165, 1.54) is 0 Å². The van der Waals surface area contributed by atoms with Gasteiger partial charge in [0, 0.05) is 5.69 Å². The van der Waals surface area contributed by atoms with Crippen molar-refractivity contribution in [2.45, 2.75) is 20.0 Å². The highest BCUT2D eigenvalue weighted by atomic mass is 16.5. The number of nitrogen functional groups attached to an aromatic ring is 1. The number of rotatable bonds is 4. The van der Waals surface area contributed by atoms with Crippen molar-refractivity contribution < 1.29 is 9.53 Å². The van der Waals surface area contributed by atoms with Gasteiger partial charge in [0.15, 0.2) is 0 Å². The number of hydrogen-bond acceptors (Lipinski definition) is 4. The summed E-state index contributed by atoms with van der Waals surface area (Å²) < 4.78 is 5.53. The van der Waals surface area contributed by atoms with Crippen LogP contribution in [0, 0.1) is 0 Å². The summed E-state index contributed by atoms with van der Waals surface area (Å²) in [5.41, 5.74) is 6.51. The molecule has 0 aliphatic heterocycles. The Bertz CT molecular complexity index is 594. The van der Waals surface area contributed by atoms with E-state index in [1.807, 2.05) is 26.0 Å². The van der Waals surface area contributed by atoms with Gasteiger partial charge in [0.1, 0.15) is 17.3 Å². The Morgan fingerprint density at radius 3 is 2.50 bits per heavy atom. The second kappa shape index (κ2) is 6.06. The van der Waals surface area contributed by atoms with Crippen LogP contribution in [0.15, 0.2) is 42.5 Å². The van der Waals surface area contributed by atoms with Crippen molar-refractivity contribution in [1.82, 2.24) is 4.98 Å². The maximum atomic E-state index is 12.0. The van der Waals surface area contributed by atoms with Crippen molar-refractivity contribution in [2.75, 3.05) is 11.1 Å². The summed E-state index contributed by atoms with van der Waals surface area (Å²) in [5.74, 6) is 0.785. The molecule has 2 aromatic rings. The minimum atomic E-state index is -0.296. The number of amides is 1.